The molecule has 1 N–H and O–H groups in total. The van der Waals surface area contributed by atoms with Gasteiger partial charge in [0.1, 0.15) is 0 Å². The van der Waals surface area contributed by atoms with Crippen LogP contribution < -0.4 is 5.32 Å². The molecular formula is C11H17NO2. The van der Waals surface area contributed by atoms with Gasteiger partial charge in [-0.05, 0) is 18.3 Å². The first-order valence-electron chi connectivity index (χ1n) is 5.50. The summed E-state index contributed by atoms with van der Waals surface area (Å²) in [5, 5.41) is 2.38. The quantitative estimate of drug-likeness (QED) is 0.693. The average molecular weight is 195 g/mol. The van der Waals surface area contributed by atoms with E-state index in [1.54, 1.807) is 0 Å². The van der Waals surface area contributed by atoms with E-state index in [0.29, 0.717) is 12.3 Å². The SMILES string of the molecule is CC(CC1CCC1)C1CC(=O)NC1=O. The fraction of sp³-hybridized carbons (Fsp3) is 0.818. The summed E-state index contributed by atoms with van der Waals surface area (Å²) < 4.78 is 0. The fourth-order valence-electron chi connectivity index (χ4n) is 2.45. The lowest BCUT2D eigenvalue weighted by Gasteiger charge is -2.29. The average Bonchev–Trinajstić information content (AvgIpc) is 2.37. The first-order valence-corrected chi connectivity index (χ1v) is 5.50. The summed E-state index contributed by atoms with van der Waals surface area (Å²) in [6, 6.07) is 0. The van der Waals surface area contributed by atoms with Gasteiger partial charge in [0.25, 0.3) is 0 Å². The molecule has 0 spiro atoms. The number of amides is 2. The molecule has 2 rings (SSSR count). The molecule has 0 aromatic heterocycles. The van der Waals surface area contributed by atoms with Crippen LogP contribution in [0.2, 0.25) is 0 Å². The lowest BCUT2D eigenvalue weighted by molar-refractivity contribution is -0.126. The van der Waals surface area contributed by atoms with Crippen LogP contribution in [0, 0.1) is 17.8 Å². The van der Waals surface area contributed by atoms with E-state index in [1.165, 1.54) is 19.3 Å². The van der Waals surface area contributed by atoms with E-state index >= 15 is 0 Å². The second-order valence-corrected chi connectivity index (χ2v) is 4.73. The van der Waals surface area contributed by atoms with Crippen molar-refractivity contribution >= 4 is 11.8 Å². The predicted molar refractivity (Wildman–Crippen MR) is 52.4 cm³/mol. The number of carbonyl (C=O) groups excluding carboxylic acids is 2. The van der Waals surface area contributed by atoms with Crippen LogP contribution >= 0.6 is 0 Å². The van der Waals surface area contributed by atoms with Crippen molar-refractivity contribution < 1.29 is 9.59 Å². The van der Waals surface area contributed by atoms with Crippen LogP contribution in [0.5, 0.6) is 0 Å². The molecule has 0 bridgehead atoms. The molecule has 2 fully saturated rings. The molecule has 0 radical (unpaired) electrons. The van der Waals surface area contributed by atoms with Crippen molar-refractivity contribution in [1.82, 2.24) is 5.32 Å². The Hall–Kier alpha value is -0.860. The third kappa shape index (κ3) is 1.81. The van der Waals surface area contributed by atoms with Crippen molar-refractivity contribution in [2.75, 3.05) is 0 Å². The molecule has 0 aromatic rings. The summed E-state index contributed by atoms with van der Waals surface area (Å²) in [5.74, 6) is 0.977. The van der Waals surface area contributed by atoms with Gasteiger partial charge >= 0.3 is 0 Å². The zero-order chi connectivity index (χ0) is 10.1. The van der Waals surface area contributed by atoms with Crippen molar-refractivity contribution in [2.45, 2.75) is 39.0 Å². The largest absolute Gasteiger partial charge is 0.296 e. The van der Waals surface area contributed by atoms with Crippen LogP contribution in [-0.2, 0) is 9.59 Å². The molecule has 0 aromatic carbocycles. The second-order valence-electron chi connectivity index (χ2n) is 4.73. The van der Waals surface area contributed by atoms with Crippen molar-refractivity contribution in [3.8, 4) is 0 Å². The number of rotatable bonds is 3. The Labute approximate surface area is 84.2 Å². The summed E-state index contributed by atoms with van der Waals surface area (Å²) in [5.41, 5.74) is 0. The van der Waals surface area contributed by atoms with Gasteiger partial charge in [0, 0.05) is 12.3 Å². The zero-order valence-electron chi connectivity index (χ0n) is 8.58. The van der Waals surface area contributed by atoms with Gasteiger partial charge in [0.2, 0.25) is 11.8 Å². The molecule has 1 heterocycles. The van der Waals surface area contributed by atoms with Crippen LogP contribution in [0.15, 0.2) is 0 Å². The molecule has 2 unspecified atom stereocenters. The van der Waals surface area contributed by atoms with E-state index in [9.17, 15) is 9.59 Å². The van der Waals surface area contributed by atoms with E-state index in [0.717, 1.165) is 12.3 Å². The maximum atomic E-state index is 11.4. The molecule has 3 heteroatoms. The summed E-state index contributed by atoms with van der Waals surface area (Å²) in [6.45, 7) is 2.10. The van der Waals surface area contributed by atoms with E-state index in [-0.39, 0.29) is 17.7 Å². The minimum absolute atomic E-state index is 0.0527. The van der Waals surface area contributed by atoms with E-state index < -0.39 is 0 Å². The smallest absolute Gasteiger partial charge is 0.230 e. The van der Waals surface area contributed by atoms with Crippen LogP contribution in [0.3, 0.4) is 0 Å². The highest BCUT2D eigenvalue weighted by Gasteiger charge is 2.36. The van der Waals surface area contributed by atoms with Crippen molar-refractivity contribution in [3.63, 3.8) is 0 Å². The molecule has 14 heavy (non-hydrogen) atoms. The van der Waals surface area contributed by atoms with Gasteiger partial charge in [0.15, 0.2) is 0 Å². The topological polar surface area (TPSA) is 46.2 Å². The molecule has 1 saturated heterocycles. The Morgan fingerprint density at radius 1 is 1.43 bits per heavy atom. The van der Waals surface area contributed by atoms with E-state index in [1.807, 2.05) is 0 Å². The Kier molecular flexibility index (Phi) is 2.57. The minimum atomic E-state index is -0.0968. The lowest BCUT2D eigenvalue weighted by Crippen LogP contribution is -2.27. The first-order chi connectivity index (χ1) is 6.66. The number of nitrogens with one attached hydrogen (secondary N) is 1. The normalized spacial score (nSPS) is 29.9. The highest BCUT2D eigenvalue weighted by atomic mass is 16.2. The summed E-state index contributed by atoms with van der Waals surface area (Å²) >= 11 is 0. The Morgan fingerprint density at radius 3 is 2.57 bits per heavy atom. The molecule has 1 aliphatic heterocycles. The Bertz CT molecular complexity index is 258. The van der Waals surface area contributed by atoms with Gasteiger partial charge in [-0.2, -0.15) is 0 Å². The molecule has 2 atom stereocenters. The number of carbonyl (C=O) groups is 2. The number of hydrogen-bond donors (Lipinski definition) is 1. The van der Waals surface area contributed by atoms with Gasteiger partial charge in [-0.3, -0.25) is 14.9 Å². The summed E-state index contributed by atoms with van der Waals surface area (Å²) in [7, 11) is 0. The van der Waals surface area contributed by atoms with E-state index in [4.69, 9.17) is 0 Å². The molecular weight excluding hydrogens is 178 g/mol. The van der Waals surface area contributed by atoms with Crippen LogP contribution in [0.4, 0.5) is 0 Å². The maximum Gasteiger partial charge on any atom is 0.230 e. The minimum Gasteiger partial charge on any atom is -0.296 e. The van der Waals surface area contributed by atoms with E-state index in [2.05, 4.69) is 12.2 Å². The predicted octanol–water partition coefficient (Wildman–Crippen LogP) is 1.48. The molecule has 3 nitrogen and oxygen atoms in total. The molecule has 1 aliphatic carbocycles. The summed E-state index contributed by atoms with van der Waals surface area (Å²) in [4.78, 5) is 22.4. The Morgan fingerprint density at radius 2 is 2.14 bits per heavy atom. The van der Waals surface area contributed by atoms with Gasteiger partial charge < -0.3 is 0 Å². The van der Waals surface area contributed by atoms with Crippen molar-refractivity contribution in [2.24, 2.45) is 17.8 Å². The zero-order valence-corrected chi connectivity index (χ0v) is 8.58. The highest BCUT2D eigenvalue weighted by molar-refractivity contribution is 6.03. The number of hydrogen-bond acceptors (Lipinski definition) is 2. The lowest BCUT2D eigenvalue weighted by atomic mass is 9.76. The highest BCUT2D eigenvalue weighted by Crippen LogP contribution is 2.35. The maximum absolute atomic E-state index is 11.4. The molecule has 2 amide bonds. The third-order valence-corrected chi connectivity index (χ3v) is 3.62. The monoisotopic (exact) mass is 195 g/mol. The second kappa shape index (κ2) is 3.71. The van der Waals surface area contributed by atoms with Gasteiger partial charge in [-0.1, -0.05) is 26.2 Å². The van der Waals surface area contributed by atoms with Gasteiger partial charge in [0.05, 0.1) is 0 Å². The van der Waals surface area contributed by atoms with Crippen LogP contribution in [0.25, 0.3) is 0 Å². The van der Waals surface area contributed by atoms with Crippen molar-refractivity contribution in [3.05, 3.63) is 0 Å². The molecule has 1 saturated carbocycles. The standard InChI is InChI=1S/C11H17NO2/c1-7(5-8-3-2-4-8)9-6-10(13)12-11(9)14/h7-9H,2-6H2,1H3,(H,12,13,14). The van der Waals surface area contributed by atoms with Crippen molar-refractivity contribution in [1.29, 1.82) is 0 Å². The fourth-order valence-corrected chi connectivity index (χ4v) is 2.45. The molecule has 78 valence electrons. The van der Waals surface area contributed by atoms with Gasteiger partial charge in [-0.15, -0.1) is 0 Å². The van der Waals surface area contributed by atoms with Crippen LogP contribution in [-0.4, -0.2) is 11.8 Å². The van der Waals surface area contributed by atoms with Crippen LogP contribution in [0.1, 0.15) is 39.0 Å². The molecule has 2 aliphatic rings. The first kappa shape index (κ1) is 9.69. The third-order valence-electron chi connectivity index (χ3n) is 3.62. The summed E-state index contributed by atoms with van der Waals surface area (Å²) in [6.07, 6.45) is 5.49. The Balaban J connectivity index is 1.87. The number of imide groups is 1. The van der Waals surface area contributed by atoms with Gasteiger partial charge in [-0.25, -0.2) is 0 Å².